The van der Waals surface area contributed by atoms with Crippen LogP contribution >= 0.6 is 0 Å². The molecule has 0 saturated heterocycles. The van der Waals surface area contributed by atoms with Gasteiger partial charge < -0.3 is 4.90 Å². The molecule has 5 heteroatoms. The molecule has 21 heavy (non-hydrogen) atoms. The lowest BCUT2D eigenvalue weighted by atomic mass is 10.1. The molecular formula is C16H20N4O. The van der Waals surface area contributed by atoms with Crippen molar-refractivity contribution < 1.29 is 4.79 Å². The van der Waals surface area contributed by atoms with Gasteiger partial charge in [0, 0.05) is 18.9 Å². The lowest BCUT2D eigenvalue weighted by molar-refractivity contribution is 0.0953. The molecule has 0 fully saturated rings. The Morgan fingerprint density at radius 2 is 2.05 bits per heavy atom. The molecule has 2 aromatic rings. The van der Waals surface area contributed by atoms with Gasteiger partial charge in [0.2, 0.25) is 0 Å². The van der Waals surface area contributed by atoms with Crippen molar-refractivity contribution in [2.24, 2.45) is 5.84 Å². The lowest BCUT2D eigenvalue weighted by Crippen LogP contribution is -2.30. The molecule has 0 aliphatic carbocycles. The third-order valence-corrected chi connectivity index (χ3v) is 3.38. The monoisotopic (exact) mass is 284 g/mol. The highest BCUT2D eigenvalue weighted by atomic mass is 16.2. The number of benzene rings is 1. The van der Waals surface area contributed by atoms with Crippen molar-refractivity contribution in [1.82, 2.24) is 10.4 Å². The van der Waals surface area contributed by atoms with E-state index in [1.165, 1.54) is 23.0 Å². The van der Waals surface area contributed by atoms with E-state index in [0.29, 0.717) is 12.1 Å². The van der Waals surface area contributed by atoms with Crippen molar-refractivity contribution in [3.05, 3.63) is 58.9 Å². The van der Waals surface area contributed by atoms with E-state index in [4.69, 9.17) is 5.84 Å². The molecule has 0 aliphatic heterocycles. The number of rotatable bonds is 4. The Bertz CT molecular complexity index is 637. The molecule has 5 nitrogen and oxygen atoms in total. The van der Waals surface area contributed by atoms with Crippen LogP contribution in [0.1, 0.15) is 27.2 Å². The number of hydrogen-bond acceptors (Lipinski definition) is 4. The Labute approximate surface area is 124 Å². The van der Waals surface area contributed by atoms with Crippen LogP contribution in [0.3, 0.4) is 0 Å². The molecule has 0 saturated carbocycles. The van der Waals surface area contributed by atoms with Crippen LogP contribution < -0.4 is 16.2 Å². The van der Waals surface area contributed by atoms with Crippen LogP contribution in [0, 0.1) is 13.8 Å². The van der Waals surface area contributed by atoms with E-state index in [2.05, 4.69) is 47.4 Å². The number of anilines is 1. The van der Waals surface area contributed by atoms with Crippen LogP contribution in [0.2, 0.25) is 0 Å². The minimum atomic E-state index is -0.336. The first-order valence-corrected chi connectivity index (χ1v) is 6.75. The zero-order chi connectivity index (χ0) is 15.4. The normalized spacial score (nSPS) is 10.3. The minimum absolute atomic E-state index is 0.336. The first-order valence-electron chi connectivity index (χ1n) is 6.75. The highest BCUT2D eigenvalue weighted by Gasteiger charge is 2.08. The zero-order valence-corrected chi connectivity index (χ0v) is 12.6. The fraction of sp³-hybridized carbons (Fsp3) is 0.250. The van der Waals surface area contributed by atoms with Gasteiger partial charge in [0.25, 0.3) is 5.91 Å². The van der Waals surface area contributed by atoms with E-state index >= 15 is 0 Å². The molecule has 1 aromatic carbocycles. The summed E-state index contributed by atoms with van der Waals surface area (Å²) in [5.41, 5.74) is 7.09. The number of hydrogen-bond donors (Lipinski definition) is 2. The van der Waals surface area contributed by atoms with E-state index in [9.17, 15) is 4.79 Å². The molecule has 1 aromatic heterocycles. The average molecular weight is 284 g/mol. The maximum absolute atomic E-state index is 11.4. The van der Waals surface area contributed by atoms with Crippen LogP contribution in [0.25, 0.3) is 0 Å². The second kappa shape index (κ2) is 6.37. The molecule has 0 radical (unpaired) electrons. The maximum atomic E-state index is 11.4. The number of nitrogens with two attached hydrogens (primary N) is 1. The van der Waals surface area contributed by atoms with Gasteiger partial charge >= 0.3 is 0 Å². The van der Waals surface area contributed by atoms with Gasteiger partial charge in [0.05, 0.1) is 17.8 Å². The van der Waals surface area contributed by atoms with Crippen molar-refractivity contribution in [1.29, 1.82) is 0 Å². The van der Waals surface area contributed by atoms with Crippen LogP contribution in [-0.2, 0) is 6.54 Å². The number of nitrogens with one attached hydrogen (secondary N) is 1. The standard InChI is InChI=1S/C16H20N4O/c1-11-4-7-15(12(2)8-11)20(3)10-14-6-5-13(9-18-14)16(21)19-17/h4-9H,10,17H2,1-3H3,(H,19,21). The summed E-state index contributed by atoms with van der Waals surface area (Å²) in [5, 5.41) is 0. The number of nitrogens with zero attached hydrogens (tertiary/aromatic N) is 2. The zero-order valence-electron chi connectivity index (χ0n) is 12.6. The Hall–Kier alpha value is -2.40. The van der Waals surface area contributed by atoms with Crippen LogP contribution in [0.4, 0.5) is 5.69 Å². The van der Waals surface area contributed by atoms with Crippen molar-refractivity contribution in [3.8, 4) is 0 Å². The largest absolute Gasteiger partial charge is 0.368 e. The molecule has 3 N–H and O–H groups in total. The van der Waals surface area contributed by atoms with Gasteiger partial charge in [-0.05, 0) is 37.6 Å². The number of carbonyl (C=O) groups excluding carboxylic acids is 1. The number of pyridine rings is 1. The summed E-state index contributed by atoms with van der Waals surface area (Å²) in [5.74, 6) is 4.76. The van der Waals surface area contributed by atoms with E-state index in [0.717, 1.165) is 5.69 Å². The number of hydrazine groups is 1. The Morgan fingerprint density at radius 1 is 1.29 bits per heavy atom. The quantitative estimate of drug-likeness (QED) is 0.511. The summed E-state index contributed by atoms with van der Waals surface area (Å²) in [6.07, 6.45) is 1.54. The van der Waals surface area contributed by atoms with Gasteiger partial charge in [0.15, 0.2) is 0 Å². The van der Waals surface area contributed by atoms with Gasteiger partial charge in [-0.1, -0.05) is 17.7 Å². The van der Waals surface area contributed by atoms with E-state index < -0.39 is 0 Å². The number of nitrogen functional groups attached to an aromatic ring is 1. The molecule has 0 atom stereocenters. The second-order valence-electron chi connectivity index (χ2n) is 5.16. The molecule has 0 spiro atoms. The van der Waals surface area contributed by atoms with Gasteiger partial charge in [-0.25, -0.2) is 5.84 Å². The predicted octanol–water partition coefficient (Wildman–Crippen LogP) is 1.94. The summed E-state index contributed by atoms with van der Waals surface area (Å²) in [6.45, 7) is 4.86. The third-order valence-electron chi connectivity index (χ3n) is 3.38. The summed E-state index contributed by atoms with van der Waals surface area (Å²) in [7, 11) is 2.03. The van der Waals surface area contributed by atoms with E-state index in [1.54, 1.807) is 6.07 Å². The number of carbonyl (C=O) groups is 1. The van der Waals surface area contributed by atoms with Gasteiger partial charge in [-0.3, -0.25) is 15.2 Å². The van der Waals surface area contributed by atoms with Gasteiger partial charge in [0.1, 0.15) is 0 Å². The van der Waals surface area contributed by atoms with Crippen molar-refractivity contribution in [2.45, 2.75) is 20.4 Å². The number of amides is 1. The average Bonchev–Trinajstić information content (AvgIpc) is 2.47. The second-order valence-corrected chi connectivity index (χ2v) is 5.16. The van der Waals surface area contributed by atoms with Crippen molar-refractivity contribution >= 4 is 11.6 Å². The third kappa shape index (κ3) is 3.58. The first kappa shape index (κ1) is 15.0. The van der Waals surface area contributed by atoms with Gasteiger partial charge in [-0.2, -0.15) is 0 Å². The topological polar surface area (TPSA) is 71.2 Å². The molecule has 2 rings (SSSR count). The molecule has 1 amide bonds. The van der Waals surface area contributed by atoms with Crippen molar-refractivity contribution in [2.75, 3.05) is 11.9 Å². The summed E-state index contributed by atoms with van der Waals surface area (Å²) in [4.78, 5) is 17.8. The lowest BCUT2D eigenvalue weighted by Gasteiger charge is -2.21. The highest BCUT2D eigenvalue weighted by molar-refractivity contribution is 5.93. The SMILES string of the molecule is Cc1ccc(N(C)Cc2ccc(C(=O)NN)cn2)c(C)c1. The molecule has 0 unspecified atom stereocenters. The first-order chi connectivity index (χ1) is 10.0. The summed E-state index contributed by atoms with van der Waals surface area (Å²) >= 11 is 0. The summed E-state index contributed by atoms with van der Waals surface area (Å²) in [6, 6.07) is 9.93. The fourth-order valence-corrected chi connectivity index (χ4v) is 2.30. The summed E-state index contributed by atoms with van der Waals surface area (Å²) < 4.78 is 0. The van der Waals surface area contributed by atoms with Gasteiger partial charge in [-0.15, -0.1) is 0 Å². The smallest absolute Gasteiger partial charge is 0.266 e. The van der Waals surface area contributed by atoms with Crippen LogP contribution in [0.15, 0.2) is 36.5 Å². The molecule has 0 bridgehead atoms. The van der Waals surface area contributed by atoms with E-state index in [-0.39, 0.29) is 5.91 Å². The fourth-order valence-electron chi connectivity index (χ4n) is 2.30. The Kier molecular flexibility index (Phi) is 4.55. The Morgan fingerprint density at radius 3 is 2.62 bits per heavy atom. The minimum Gasteiger partial charge on any atom is -0.368 e. The molecule has 0 aliphatic rings. The maximum Gasteiger partial charge on any atom is 0.266 e. The van der Waals surface area contributed by atoms with E-state index in [1.807, 2.05) is 13.1 Å². The number of aryl methyl sites for hydroxylation is 2. The Balaban J connectivity index is 2.12. The van der Waals surface area contributed by atoms with Crippen LogP contribution in [0.5, 0.6) is 0 Å². The highest BCUT2D eigenvalue weighted by Crippen LogP contribution is 2.21. The molecule has 1 heterocycles. The number of aromatic nitrogens is 1. The predicted molar refractivity (Wildman–Crippen MR) is 83.9 cm³/mol. The molecule has 110 valence electrons. The molecular weight excluding hydrogens is 264 g/mol. The van der Waals surface area contributed by atoms with Crippen LogP contribution in [-0.4, -0.2) is 17.9 Å². The van der Waals surface area contributed by atoms with Crippen molar-refractivity contribution in [3.63, 3.8) is 0 Å².